The van der Waals surface area contributed by atoms with Crippen LogP contribution in [0, 0.1) is 11.8 Å². The van der Waals surface area contributed by atoms with Crippen molar-refractivity contribution >= 4 is 29.1 Å². The highest BCUT2D eigenvalue weighted by atomic mass is 16.2. The van der Waals surface area contributed by atoms with Crippen molar-refractivity contribution in [2.45, 2.75) is 63.8 Å². The monoisotopic (exact) mass is 438 g/mol. The largest absolute Gasteiger partial charge is 0.337 e. The van der Waals surface area contributed by atoms with Gasteiger partial charge in [0.25, 0.3) is 5.91 Å². The van der Waals surface area contributed by atoms with Gasteiger partial charge < -0.3 is 20.4 Å². The Labute approximate surface area is 189 Å². The number of carbonyl (C=O) groups is 3. The van der Waals surface area contributed by atoms with Crippen molar-refractivity contribution in [3.05, 3.63) is 23.8 Å². The minimum Gasteiger partial charge on any atom is -0.337 e. The normalized spacial score (nSPS) is 24.9. The van der Waals surface area contributed by atoms with Crippen molar-refractivity contribution in [3.63, 3.8) is 0 Å². The molecule has 2 N–H and O–H groups in total. The maximum atomic E-state index is 13.4. The number of nitrogens with zero attached hydrogens (tertiary/aromatic N) is 2. The van der Waals surface area contributed by atoms with Gasteiger partial charge in [0.15, 0.2) is 0 Å². The van der Waals surface area contributed by atoms with Gasteiger partial charge in [-0.25, -0.2) is 0 Å². The summed E-state index contributed by atoms with van der Waals surface area (Å²) in [6.07, 6.45) is 8.84. The van der Waals surface area contributed by atoms with Gasteiger partial charge in [-0.15, -0.1) is 0 Å². The number of benzene rings is 1. The smallest absolute Gasteiger partial charge is 0.253 e. The van der Waals surface area contributed by atoms with E-state index in [1.165, 1.54) is 19.3 Å². The highest BCUT2D eigenvalue weighted by Crippen LogP contribution is 2.42. The fourth-order valence-corrected chi connectivity index (χ4v) is 5.58. The van der Waals surface area contributed by atoms with E-state index in [1.807, 2.05) is 21.9 Å². The van der Waals surface area contributed by atoms with Crippen LogP contribution in [-0.2, 0) is 9.59 Å². The summed E-state index contributed by atoms with van der Waals surface area (Å²) in [4.78, 5) is 43.3. The predicted octanol–water partition coefficient (Wildman–Crippen LogP) is 3.16. The molecular weight excluding hydrogens is 404 g/mol. The van der Waals surface area contributed by atoms with E-state index in [0.29, 0.717) is 30.1 Å². The van der Waals surface area contributed by atoms with Gasteiger partial charge in [0, 0.05) is 43.6 Å². The standard InChI is InChI=1S/C25H34N4O3/c30-23-16-22(17-5-2-1-3-6-17)29(25(32)18-7-8-18)21-10-9-19(15-20(21)27-23)24(31)28-13-4-11-26-12-14-28/h9-10,15,17-18,22,26H,1-8,11-14,16H2,(H,27,30). The van der Waals surface area contributed by atoms with Crippen molar-refractivity contribution in [3.8, 4) is 0 Å². The summed E-state index contributed by atoms with van der Waals surface area (Å²) in [6.45, 7) is 3.12. The Morgan fingerprint density at radius 1 is 0.938 bits per heavy atom. The first kappa shape index (κ1) is 21.4. The highest BCUT2D eigenvalue weighted by molar-refractivity contribution is 6.07. The molecular formula is C25H34N4O3. The second-order valence-corrected chi connectivity index (χ2v) is 9.83. The highest BCUT2D eigenvalue weighted by Gasteiger charge is 2.42. The van der Waals surface area contributed by atoms with Crippen molar-refractivity contribution in [2.75, 3.05) is 36.4 Å². The lowest BCUT2D eigenvalue weighted by atomic mass is 9.81. The second kappa shape index (κ2) is 9.22. The Morgan fingerprint density at radius 3 is 2.53 bits per heavy atom. The Bertz CT molecular complexity index is 883. The minimum atomic E-state index is -0.0946. The Morgan fingerprint density at radius 2 is 1.75 bits per heavy atom. The SMILES string of the molecule is O=C1CC(C2CCCCC2)N(C(=O)C2CC2)c2ccc(C(=O)N3CCCNCC3)cc2N1. The Hall–Kier alpha value is -2.41. The Balaban J connectivity index is 1.48. The van der Waals surface area contributed by atoms with Crippen LogP contribution in [0.1, 0.15) is 68.1 Å². The lowest BCUT2D eigenvalue weighted by molar-refractivity contribution is -0.121. The number of nitrogens with one attached hydrogen (secondary N) is 2. The van der Waals surface area contributed by atoms with Gasteiger partial charge in [0.2, 0.25) is 11.8 Å². The molecule has 1 aromatic carbocycles. The summed E-state index contributed by atoms with van der Waals surface area (Å²) >= 11 is 0. The number of carbonyl (C=O) groups excluding carboxylic acids is 3. The summed E-state index contributed by atoms with van der Waals surface area (Å²) in [5.41, 5.74) is 1.93. The molecule has 5 rings (SSSR count). The zero-order chi connectivity index (χ0) is 22.1. The van der Waals surface area contributed by atoms with Crippen molar-refractivity contribution < 1.29 is 14.4 Å². The molecule has 2 aliphatic carbocycles. The summed E-state index contributed by atoms with van der Waals surface area (Å²) in [6, 6.07) is 5.41. The number of amides is 3. The molecule has 0 spiro atoms. The fourth-order valence-electron chi connectivity index (χ4n) is 5.58. The van der Waals surface area contributed by atoms with Crippen molar-refractivity contribution in [1.82, 2.24) is 10.2 Å². The first-order valence-electron chi connectivity index (χ1n) is 12.4. The van der Waals surface area contributed by atoms with Crippen LogP contribution < -0.4 is 15.5 Å². The van der Waals surface area contributed by atoms with Crippen LogP contribution in [0.2, 0.25) is 0 Å². The summed E-state index contributed by atoms with van der Waals surface area (Å²) in [5.74, 6) is 0.508. The zero-order valence-corrected chi connectivity index (χ0v) is 18.8. The zero-order valence-electron chi connectivity index (χ0n) is 18.8. The first-order chi connectivity index (χ1) is 15.6. The molecule has 2 aliphatic heterocycles. The van der Waals surface area contributed by atoms with E-state index >= 15 is 0 Å². The van der Waals surface area contributed by atoms with Gasteiger partial charge in [0.1, 0.15) is 0 Å². The molecule has 7 heteroatoms. The topological polar surface area (TPSA) is 81.8 Å². The van der Waals surface area contributed by atoms with Gasteiger partial charge in [0.05, 0.1) is 11.4 Å². The van der Waals surface area contributed by atoms with Gasteiger partial charge in [-0.1, -0.05) is 19.3 Å². The molecule has 7 nitrogen and oxygen atoms in total. The van der Waals surface area contributed by atoms with E-state index in [4.69, 9.17) is 0 Å². The summed E-state index contributed by atoms with van der Waals surface area (Å²) in [5, 5.41) is 6.35. The van der Waals surface area contributed by atoms with Crippen LogP contribution in [0.25, 0.3) is 0 Å². The van der Waals surface area contributed by atoms with Gasteiger partial charge in [-0.05, 0) is 62.8 Å². The molecule has 2 saturated carbocycles. The Kier molecular flexibility index (Phi) is 6.17. The third-order valence-corrected chi connectivity index (χ3v) is 7.49. The van der Waals surface area contributed by atoms with E-state index < -0.39 is 0 Å². The third-order valence-electron chi connectivity index (χ3n) is 7.49. The molecule has 1 unspecified atom stereocenters. The molecule has 0 bridgehead atoms. The van der Waals surface area contributed by atoms with Crippen LogP contribution in [0.4, 0.5) is 11.4 Å². The van der Waals surface area contributed by atoms with Crippen LogP contribution in [0.3, 0.4) is 0 Å². The van der Waals surface area contributed by atoms with Crippen molar-refractivity contribution in [1.29, 1.82) is 0 Å². The van der Waals surface area contributed by atoms with Gasteiger partial charge >= 0.3 is 0 Å². The lowest BCUT2D eigenvalue weighted by Crippen LogP contribution is -2.46. The van der Waals surface area contributed by atoms with E-state index in [9.17, 15) is 14.4 Å². The third kappa shape index (κ3) is 4.40. The molecule has 32 heavy (non-hydrogen) atoms. The number of anilines is 2. The molecule has 1 saturated heterocycles. The number of hydrogen-bond donors (Lipinski definition) is 2. The van der Waals surface area contributed by atoms with E-state index in [0.717, 1.165) is 57.4 Å². The molecule has 1 aromatic rings. The molecule has 4 aliphatic rings. The fraction of sp³-hybridized carbons (Fsp3) is 0.640. The van der Waals surface area contributed by atoms with Crippen LogP contribution in [0.15, 0.2) is 18.2 Å². The van der Waals surface area contributed by atoms with Crippen LogP contribution >= 0.6 is 0 Å². The van der Waals surface area contributed by atoms with E-state index in [1.54, 1.807) is 6.07 Å². The average Bonchev–Trinajstić information content (AvgIpc) is 3.67. The number of hydrogen-bond acceptors (Lipinski definition) is 4. The number of rotatable bonds is 3. The van der Waals surface area contributed by atoms with Gasteiger partial charge in [-0.2, -0.15) is 0 Å². The molecule has 3 amide bonds. The molecule has 0 aromatic heterocycles. The molecule has 1 atom stereocenters. The van der Waals surface area contributed by atoms with Crippen LogP contribution in [0.5, 0.6) is 0 Å². The second-order valence-electron chi connectivity index (χ2n) is 9.83. The van der Waals surface area contributed by atoms with E-state index in [2.05, 4.69) is 10.6 Å². The molecule has 172 valence electrons. The number of fused-ring (bicyclic) bond motifs is 1. The van der Waals surface area contributed by atoms with Gasteiger partial charge in [-0.3, -0.25) is 14.4 Å². The summed E-state index contributed by atoms with van der Waals surface area (Å²) < 4.78 is 0. The maximum Gasteiger partial charge on any atom is 0.253 e. The molecule has 0 radical (unpaired) electrons. The lowest BCUT2D eigenvalue weighted by Gasteiger charge is -2.38. The first-order valence-corrected chi connectivity index (χ1v) is 12.4. The quantitative estimate of drug-likeness (QED) is 0.760. The maximum absolute atomic E-state index is 13.4. The summed E-state index contributed by atoms with van der Waals surface area (Å²) in [7, 11) is 0. The average molecular weight is 439 g/mol. The van der Waals surface area contributed by atoms with Crippen molar-refractivity contribution in [2.24, 2.45) is 11.8 Å². The molecule has 3 fully saturated rings. The van der Waals surface area contributed by atoms with Crippen LogP contribution in [-0.4, -0.2) is 54.8 Å². The minimum absolute atomic E-state index is 0.0149. The predicted molar refractivity (Wildman–Crippen MR) is 124 cm³/mol. The molecule has 2 heterocycles. The van der Waals surface area contributed by atoms with E-state index in [-0.39, 0.29) is 29.7 Å².